The molecule has 1 amide bonds. The second-order valence-corrected chi connectivity index (χ2v) is 5.72. The Morgan fingerprint density at radius 2 is 1.88 bits per heavy atom. The Bertz CT molecular complexity index is 672. The zero-order valence-corrected chi connectivity index (χ0v) is 15.2. The molecular weight excluding hydrogens is 324 g/mol. The van der Waals surface area contributed by atoms with E-state index in [-0.39, 0.29) is 24.2 Å². The van der Waals surface area contributed by atoms with E-state index in [1.54, 1.807) is 25.3 Å². The Kier molecular flexibility index (Phi) is 7.59. The molecule has 130 valence electrons. The third-order valence-electron chi connectivity index (χ3n) is 4.01. The maximum Gasteiger partial charge on any atom is 0.225 e. The number of amides is 1. The van der Waals surface area contributed by atoms with Crippen molar-refractivity contribution >= 4 is 29.7 Å². The summed E-state index contributed by atoms with van der Waals surface area (Å²) in [5.74, 6) is 0.819. The van der Waals surface area contributed by atoms with Crippen molar-refractivity contribution in [3.8, 4) is 5.75 Å². The van der Waals surface area contributed by atoms with Gasteiger partial charge >= 0.3 is 0 Å². The zero-order chi connectivity index (χ0) is 16.8. The summed E-state index contributed by atoms with van der Waals surface area (Å²) in [7, 11) is 1.58. The van der Waals surface area contributed by atoms with Crippen molar-refractivity contribution < 1.29 is 9.53 Å². The highest BCUT2D eigenvalue weighted by molar-refractivity contribution is 5.94. The SMILES string of the molecule is CCC(CC(=O)Nc1cc(OC)ccc1N)c1ccc(C)cc1.Cl. The quantitative estimate of drug-likeness (QED) is 0.754. The standard InChI is InChI=1S/C19H24N2O2.ClH/c1-4-14(15-7-5-13(2)6-8-15)11-19(22)21-18-12-16(23-3)9-10-17(18)20;/h5-10,12,14H,4,11,20H2,1-3H3,(H,21,22);1H. The van der Waals surface area contributed by atoms with Gasteiger partial charge in [0.25, 0.3) is 0 Å². The normalized spacial score (nSPS) is 11.3. The molecule has 0 aliphatic rings. The van der Waals surface area contributed by atoms with Gasteiger partial charge in [-0.2, -0.15) is 0 Å². The lowest BCUT2D eigenvalue weighted by molar-refractivity contribution is -0.116. The van der Waals surface area contributed by atoms with Crippen LogP contribution in [0.25, 0.3) is 0 Å². The molecule has 2 rings (SSSR count). The van der Waals surface area contributed by atoms with Gasteiger partial charge in [0.15, 0.2) is 0 Å². The number of aryl methyl sites for hydroxylation is 1. The van der Waals surface area contributed by atoms with Crippen molar-refractivity contribution in [1.29, 1.82) is 0 Å². The lowest BCUT2D eigenvalue weighted by Gasteiger charge is -2.16. The molecule has 2 aromatic rings. The fourth-order valence-corrected chi connectivity index (χ4v) is 2.53. The molecule has 0 aliphatic heterocycles. The molecule has 4 nitrogen and oxygen atoms in total. The number of nitrogens with two attached hydrogens (primary N) is 1. The molecule has 3 N–H and O–H groups in total. The van der Waals surface area contributed by atoms with Gasteiger partial charge in [0.2, 0.25) is 5.91 Å². The van der Waals surface area contributed by atoms with Gasteiger partial charge in [0.05, 0.1) is 18.5 Å². The van der Waals surface area contributed by atoms with Crippen LogP contribution in [-0.2, 0) is 4.79 Å². The van der Waals surface area contributed by atoms with Crippen LogP contribution < -0.4 is 15.8 Å². The van der Waals surface area contributed by atoms with Crippen molar-refractivity contribution in [3.05, 3.63) is 53.6 Å². The van der Waals surface area contributed by atoms with Crippen molar-refractivity contribution in [2.45, 2.75) is 32.6 Å². The minimum Gasteiger partial charge on any atom is -0.497 e. The van der Waals surface area contributed by atoms with Crippen LogP contribution in [0.2, 0.25) is 0 Å². The number of nitrogen functional groups attached to an aromatic ring is 1. The molecule has 0 radical (unpaired) electrons. The van der Waals surface area contributed by atoms with Gasteiger partial charge in [0, 0.05) is 12.5 Å². The summed E-state index contributed by atoms with van der Waals surface area (Å²) in [6.45, 7) is 4.15. The van der Waals surface area contributed by atoms with Gasteiger partial charge in [-0.25, -0.2) is 0 Å². The number of carbonyl (C=O) groups excluding carboxylic acids is 1. The van der Waals surface area contributed by atoms with E-state index in [0.717, 1.165) is 6.42 Å². The van der Waals surface area contributed by atoms with Crippen LogP contribution in [0, 0.1) is 6.92 Å². The smallest absolute Gasteiger partial charge is 0.225 e. The molecule has 0 saturated carbocycles. The third kappa shape index (κ3) is 5.17. The predicted molar refractivity (Wildman–Crippen MR) is 102 cm³/mol. The first-order valence-electron chi connectivity index (χ1n) is 7.83. The lowest BCUT2D eigenvalue weighted by atomic mass is 9.92. The van der Waals surface area contributed by atoms with Crippen LogP contribution in [0.4, 0.5) is 11.4 Å². The number of methoxy groups -OCH3 is 1. The topological polar surface area (TPSA) is 64.3 Å². The first-order chi connectivity index (χ1) is 11.0. The average molecular weight is 349 g/mol. The minimum atomic E-state index is -0.0441. The molecule has 0 saturated heterocycles. The Hall–Kier alpha value is -2.20. The largest absolute Gasteiger partial charge is 0.497 e. The fourth-order valence-electron chi connectivity index (χ4n) is 2.53. The Balaban J connectivity index is 0.00000288. The van der Waals surface area contributed by atoms with Gasteiger partial charge in [0.1, 0.15) is 5.75 Å². The molecule has 0 spiro atoms. The molecule has 5 heteroatoms. The van der Waals surface area contributed by atoms with Gasteiger partial charge < -0.3 is 15.8 Å². The Morgan fingerprint density at radius 1 is 1.21 bits per heavy atom. The second-order valence-electron chi connectivity index (χ2n) is 5.72. The van der Waals surface area contributed by atoms with Crippen LogP contribution in [0.3, 0.4) is 0 Å². The molecule has 0 aliphatic carbocycles. The highest BCUT2D eigenvalue weighted by Gasteiger charge is 2.15. The van der Waals surface area contributed by atoms with Crippen LogP contribution in [0.5, 0.6) is 5.75 Å². The number of benzene rings is 2. The molecule has 0 heterocycles. The van der Waals surface area contributed by atoms with E-state index in [2.05, 4.69) is 43.4 Å². The summed E-state index contributed by atoms with van der Waals surface area (Å²) in [5.41, 5.74) is 9.44. The van der Waals surface area contributed by atoms with E-state index in [9.17, 15) is 4.79 Å². The summed E-state index contributed by atoms with van der Waals surface area (Å²) < 4.78 is 5.17. The first kappa shape index (κ1) is 19.8. The number of anilines is 2. The fraction of sp³-hybridized carbons (Fsp3) is 0.316. The van der Waals surface area contributed by atoms with Crippen molar-refractivity contribution in [3.63, 3.8) is 0 Å². The van der Waals surface area contributed by atoms with E-state index in [1.165, 1.54) is 11.1 Å². The van der Waals surface area contributed by atoms with Crippen LogP contribution in [-0.4, -0.2) is 13.0 Å². The average Bonchev–Trinajstić information content (AvgIpc) is 2.55. The van der Waals surface area contributed by atoms with Crippen LogP contribution in [0.15, 0.2) is 42.5 Å². The molecule has 0 bridgehead atoms. The van der Waals surface area contributed by atoms with Gasteiger partial charge in [-0.05, 0) is 37.0 Å². The minimum absolute atomic E-state index is 0. The van der Waals surface area contributed by atoms with Crippen molar-refractivity contribution in [2.75, 3.05) is 18.2 Å². The second kappa shape index (κ2) is 9.18. The number of carbonyl (C=O) groups is 1. The van der Waals surface area contributed by atoms with E-state index >= 15 is 0 Å². The summed E-state index contributed by atoms with van der Waals surface area (Å²) in [6.07, 6.45) is 1.33. The van der Waals surface area contributed by atoms with Gasteiger partial charge in [-0.15, -0.1) is 12.4 Å². The molecular formula is C19H25ClN2O2. The summed E-state index contributed by atoms with van der Waals surface area (Å²) in [4.78, 5) is 12.4. The summed E-state index contributed by atoms with van der Waals surface area (Å²) in [6, 6.07) is 13.6. The number of halogens is 1. The summed E-state index contributed by atoms with van der Waals surface area (Å²) >= 11 is 0. The maximum atomic E-state index is 12.4. The van der Waals surface area contributed by atoms with E-state index < -0.39 is 0 Å². The van der Waals surface area contributed by atoms with E-state index in [0.29, 0.717) is 23.5 Å². The molecule has 0 aromatic heterocycles. The molecule has 24 heavy (non-hydrogen) atoms. The van der Waals surface area contributed by atoms with Crippen LogP contribution in [0.1, 0.15) is 36.8 Å². The van der Waals surface area contributed by atoms with E-state index in [4.69, 9.17) is 10.5 Å². The van der Waals surface area contributed by atoms with Crippen molar-refractivity contribution in [2.24, 2.45) is 0 Å². The zero-order valence-electron chi connectivity index (χ0n) is 14.3. The lowest BCUT2D eigenvalue weighted by Crippen LogP contribution is -2.16. The maximum absolute atomic E-state index is 12.4. The highest BCUT2D eigenvalue weighted by Crippen LogP contribution is 2.27. The number of hydrogen-bond acceptors (Lipinski definition) is 3. The Labute approximate surface area is 149 Å². The number of rotatable bonds is 6. The Morgan fingerprint density at radius 3 is 2.46 bits per heavy atom. The number of hydrogen-bond donors (Lipinski definition) is 2. The monoisotopic (exact) mass is 348 g/mol. The first-order valence-corrected chi connectivity index (χ1v) is 7.83. The third-order valence-corrected chi connectivity index (χ3v) is 4.01. The molecule has 1 atom stereocenters. The van der Waals surface area contributed by atoms with Crippen LogP contribution >= 0.6 is 12.4 Å². The highest BCUT2D eigenvalue weighted by atomic mass is 35.5. The molecule has 2 aromatic carbocycles. The predicted octanol–water partition coefficient (Wildman–Crippen LogP) is 4.53. The van der Waals surface area contributed by atoms with E-state index in [1.807, 2.05) is 0 Å². The van der Waals surface area contributed by atoms with Gasteiger partial charge in [-0.3, -0.25) is 4.79 Å². The number of ether oxygens (including phenoxy) is 1. The van der Waals surface area contributed by atoms with Crippen molar-refractivity contribution in [1.82, 2.24) is 0 Å². The number of nitrogens with one attached hydrogen (secondary N) is 1. The summed E-state index contributed by atoms with van der Waals surface area (Å²) in [5, 5.41) is 2.89. The molecule has 1 unspecified atom stereocenters. The van der Waals surface area contributed by atoms with Gasteiger partial charge in [-0.1, -0.05) is 36.8 Å². The molecule has 0 fully saturated rings.